The molecule has 2 atom stereocenters. The molecule has 10 heteroatoms. The van der Waals surface area contributed by atoms with Crippen molar-refractivity contribution in [3.8, 4) is 5.75 Å². The van der Waals surface area contributed by atoms with Crippen LogP contribution in [0, 0.1) is 11.7 Å². The lowest BCUT2D eigenvalue weighted by Crippen LogP contribution is -2.54. The highest BCUT2D eigenvalue weighted by molar-refractivity contribution is 6.03. The van der Waals surface area contributed by atoms with E-state index in [0.29, 0.717) is 11.4 Å². The molecule has 9 nitrogen and oxygen atoms in total. The predicted octanol–water partition coefficient (Wildman–Crippen LogP) is 1.11. The number of methoxy groups -OCH3 is 1. The summed E-state index contributed by atoms with van der Waals surface area (Å²) in [7, 11) is 3.01. The number of nitrogens with zero attached hydrogens (tertiary/aromatic N) is 3. The Morgan fingerprint density at radius 2 is 2.20 bits per heavy atom. The fourth-order valence-corrected chi connectivity index (χ4v) is 3.67. The van der Waals surface area contributed by atoms with Crippen molar-refractivity contribution in [3.05, 3.63) is 53.6 Å². The number of guanidine groups is 1. The van der Waals surface area contributed by atoms with Crippen LogP contribution in [0.2, 0.25) is 0 Å². The van der Waals surface area contributed by atoms with Gasteiger partial charge in [0.2, 0.25) is 5.91 Å². The lowest BCUT2D eigenvalue weighted by Gasteiger charge is -2.37. The molecule has 0 bridgehead atoms. The van der Waals surface area contributed by atoms with Crippen LogP contribution < -0.4 is 15.8 Å². The van der Waals surface area contributed by atoms with Crippen LogP contribution in [0.3, 0.4) is 0 Å². The third-order valence-corrected chi connectivity index (χ3v) is 5.36. The van der Waals surface area contributed by atoms with E-state index in [0.717, 1.165) is 0 Å². The van der Waals surface area contributed by atoms with Gasteiger partial charge in [-0.3, -0.25) is 14.5 Å². The minimum atomic E-state index is -1.28. The van der Waals surface area contributed by atoms with Gasteiger partial charge >= 0.3 is 0 Å². The molecule has 0 saturated carbocycles. The van der Waals surface area contributed by atoms with E-state index in [9.17, 15) is 14.0 Å². The molecule has 0 spiro atoms. The second kappa shape index (κ2) is 7.38. The molecular weight excluding hydrogens is 393 g/mol. The zero-order valence-electron chi connectivity index (χ0n) is 16.4. The highest BCUT2D eigenvalue weighted by Gasteiger charge is 2.54. The van der Waals surface area contributed by atoms with Gasteiger partial charge in [-0.25, -0.2) is 14.4 Å². The summed E-state index contributed by atoms with van der Waals surface area (Å²) in [5.41, 5.74) is 5.25. The number of halogens is 1. The second-order valence-corrected chi connectivity index (χ2v) is 7.09. The number of carbonyl (C=O) groups excluding carboxylic acids is 2. The summed E-state index contributed by atoms with van der Waals surface area (Å²) in [6.07, 6.45) is 1.42. The summed E-state index contributed by atoms with van der Waals surface area (Å²) < 4.78 is 25.4. The van der Waals surface area contributed by atoms with Gasteiger partial charge in [-0.1, -0.05) is 0 Å². The van der Waals surface area contributed by atoms with Crippen LogP contribution in [0.15, 0.2) is 41.5 Å². The first kappa shape index (κ1) is 19.8. The number of hydrogen-bond donors (Lipinski definition) is 2. The molecule has 0 radical (unpaired) electrons. The van der Waals surface area contributed by atoms with Crippen molar-refractivity contribution in [1.82, 2.24) is 9.88 Å². The van der Waals surface area contributed by atoms with Crippen molar-refractivity contribution in [3.63, 3.8) is 0 Å². The number of fused-ring (bicyclic) bond motifs is 1. The third-order valence-electron chi connectivity index (χ3n) is 5.36. The summed E-state index contributed by atoms with van der Waals surface area (Å²) >= 11 is 0. The van der Waals surface area contributed by atoms with E-state index in [2.05, 4.69) is 15.3 Å². The van der Waals surface area contributed by atoms with Crippen LogP contribution in [0.1, 0.15) is 16.1 Å². The van der Waals surface area contributed by atoms with Crippen LogP contribution in [0.5, 0.6) is 5.75 Å². The van der Waals surface area contributed by atoms with Gasteiger partial charge in [0.05, 0.1) is 32.4 Å². The Kier molecular flexibility index (Phi) is 4.86. The number of rotatable bonds is 4. The van der Waals surface area contributed by atoms with Crippen molar-refractivity contribution < 1.29 is 23.5 Å². The molecule has 156 valence electrons. The SMILES string of the molecule is COc1ccc(C(=O)Nc2ccc(F)c(C34COCC3C(=O)N(C)C(N)=N4)c2)nc1. The van der Waals surface area contributed by atoms with E-state index in [-0.39, 0.29) is 36.3 Å². The normalized spacial score (nSPS) is 23.0. The maximum absolute atomic E-state index is 14.9. The minimum absolute atomic E-state index is 0.00625. The Labute approximate surface area is 171 Å². The van der Waals surface area contributed by atoms with Crippen molar-refractivity contribution in [2.75, 3.05) is 32.7 Å². The lowest BCUT2D eigenvalue weighted by molar-refractivity contribution is -0.133. The van der Waals surface area contributed by atoms with Crippen LogP contribution in [0.25, 0.3) is 0 Å². The van der Waals surface area contributed by atoms with Crippen molar-refractivity contribution in [2.24, 2.45) is 16.6 Å². The summed E-state index contributed by atoms with van der Waals surface area (Å²) in [4.78, 5) is 34.9. The second-order valence-electron chi connectivity index (χ2n) is 7.09. The van der Waals surface area contributed by atoms with Crippen LogP contribution in [0.4, 0.5) is 10.1 Å². The number of amides is 2. The number of benzene rings is 1. The number of nitrogens with two attached hydrogens (primary N) is 1. The Morgan fingerprint density at radius 3 is 2.90 bits per heavy atom. The monoisotopic (exact) mass is 413 g/mol. The molecule has 30 heavy (non-hydrogen) atoms. The fourth-order valence-electron chi connectivity index (χ4n) is 3.67. The first-order valence-electron chi connectivity index (χ1n) is 9.18. The zero-order valence-corrected chi connectivity index (χ0v) is 16.4. The fraction of sp³-hybridized carbons (Fsp3) is 0.300. The standard InChI is InChI=1S/C20H20FN5O4/c1-26-18(28)14-9-30-10-20(14,25-19(26)22)13-7-11(3-5-15(13)21)24-17(27)16-6-4-12(29-2)8-23-16/h3-8,14H,9-10H2,1-2H3,(H2,22,25)(H,24,27). The van der Waals surface area contributed by atoms with Crippen LogP contribution in [-0.4, -0.2) is 55.0 Å². The number of pyridine rings is 1. The number of nitrogens with one attached hydrogen (secondary N) is 1. The van der Waals surface area contributed by atoms with Gasteiger partial charge in [0.15, 0.2) is 5.96 Å². The summed E-state index contributed by atoms with van der Waals surface area (Å²) in [6.45, 7) is 0.109. The van der Waals surface area contributed by atoms with Crippen LogP contribution in [-0.2, 0) is 15.1 Å². The molecule has 2 amide bonds. The quantitative estimate of drug-likeness (QED) is 0.775. The number of ether oxygens (including phenoxy) is 2. The van der Waals surface area contributed by atoms with Gasteiger partial charge in [0, 0.05) is 18.3 Å². The molecule has 1 saturated heterocycles. The molecule has 1 aromatic carbocycles. The molecule has 4 rings (SSSR count). The van der Waals surface area contributed by atoms with Gasteiger partial charge in [-0.05, 0) is 30.3 Å². The predicted molar refractivity (Wildman–Crippen MR) is 106 cm³/mol. The topological polar surface area (TPSA) is 119 Å². The van der Waals surface area contributed by atoms with Crippen molar-refractivity contribution in [1.29, 1.82) is 0 Å². The van der Waals surface area contributed by atoms with Gasteiger partial charge in [-0.15, -0.1) is 0 Å². The molecule has 2 aromatic rings. The molecular formula is C20H20FN5O4. The highest BCUT2D eigenvalue weighted by atomic mass is 19.1. The Hall–Kier alpha value is -3.53. The van der Waals surface area contributed by atoms with Gasteiger partial charge in [-0.2, -0.15) is 0 Å². The van der Waals surface area contributed by atoms with E-state index >= 15 is 0 Å². The zero-order chi connectivity index (χ0) is 21.5. The average molecular weight is 413 g/mol. The molecule has 3 heterocycles. The van der Waals surface area contributed by atoms with Crippen molar-refractivity contribution >= 4 is 23.5 Å². The maximum Gasteiger partial charge on any atom is 0.274 e. The van der Waals surface area contributed by atoms with E-state index in [4.69, 9.17) is 15.2 Å². The summed E-state index contributed by atoms with van der Waals surface area (Å²) in [6, 6.07) is 7.21. The largest absolute Gasteiger partial charge is 0.495 e. The smallest absolute Gasteiger partial charge is 0.274 e. The van der Waals surface area contributed by atoms with Gasteiger partial charge in [0.1, 0.15) is 22.8 Å². The molecule has 0 aliphatic carbocycles. The Balaban J connectivity index is 1.68. The number of aromatic nitrogens is 1. The summed E-state index contributed by atoms with van der Waals surface area (Å²) in [5, 5.41) is 2.69. The third kappa shape index (κ3) is 3.14. The van der Waals surface area contributed by atoms with Crippen molar-refractivity contribution in [2.45, 2.75) is 5.54 Å². The first-order valence-corrected chi connectivity index (χ1v) is 9.18. The molecule has 2 aliphatic rings. The van der Waals surface area contributed by atoms with E-state index in [1.807, 2.05) is 0 Å². The lowest BCUT2D eigenvalue weighted by atomic mass is 9.78. The first-order chi connectivity index (χ1) is 14.4. The Morgan fingerprint density at radius 1 is 1.40 bits per heavy atom. The molecule has 1 fully saturated rings. The number of anilines is 1. The van der Waals surface area contributed by atoms with Gasteiger partial charge < -0.3 is 20.5 Å². The Bertz CT molecular complexity index is 1040. The highest BCUT2D eigenvalue weighted by Crippen LogP contribution is 2.44. The molecule has 2 aliphatic heterocycles. The average Bonchev–Trinajstić information content (AvgIpc) is 3.18. The maximum atomic E-state index is 14.9. The number of hydrogen-bond acceptors (Lipinski definition) is 7. The van der Waals surface area contributed by atoms with Gasteiger partial charge in [0.25, 0.3) is 5.91 Å². The molecule has 1 aromatic heterocycles. The van der Waals surface area contributed by atoms with E-state index < -0.39 is 23.2 Å². The molecule has 3 N–H and O–H groups in total. The summed E-state index contributed by atoms with van der Waals surface area (Å²) in [5.74, 6) is -1.55. The van der Waals surface area contributed by atoms with E-state index in [1.165, 1.54) is 49.5 Å². The number of carbonyl (C=O) groups is 2. The number of aliphatic imine (C=N–C) groups is 1. The molecule has 2 unspecified atom stereocenters. The van der Waals surface area contributed by atoms with Crippen LogP contribution >= 0.6 is 0 Å². The van der Waals surface area contributed by atoms with E-state index in [1.54, 1.807) is 6.07 Å². The minimum Gasteiger partial charge on any atom is -0.495 e.